The molecule has 0 radical (unpaired) electrons. The van der Waals surface area contributed by atoms with Gasteiger partial charge in [0, 0.05) is 25.9 Å². The van der Waals surface area contributed by atoms with E-state index in [0.29, 0.717) is 13.0 Å². The second-order valence-corrected chi connectivity index (χ2v) is 7.54. The molecule has 1 aromatic heterocycles. The third-order valence-corrected chi connectivity index (χ3v) is 5.31. The lowest BCUT2D eigenvalue weighted by molar-refractivity contribution is -0.120. The first kappa shape index (κ1) is 22.7. The van der Waals surface area contributed by atoms with Crippen LogP contribution in [0.2, 0.25) is 0 Å². The van der Waals surface area contributed by atoms with Gasteiger partial charge in [-0.2, -0.15) is 0 Å². The molecule has 1 N–H and O–H groups in total. The first-order valence-electron chi connectivity index (χ1n) is 11.2. The van der Waals surface area contributed by atoms with Crippen molar-refractivity contribution in [2.24, 2.45) is 0 Å². The number of unbranched alkanes of at least 4 members (excludes halogenated alkanes) is 2. The summed E-state index contributed by atoms with van der Waals surface area (Å²) < 4.78 is 13.6. The van der Waals surface area contributed by atoms with Crippen molar-refractivity contribution < 1.29 is 14.3 Å². The third kappa shape index (κ3) is 6.48. The summed E-state index contributed by atoms with van der Waals surface area (Å²) in [6.07, 6.45) is 5.49. The van der Waals surface area contributed by atoms with Gasteiger partial charge in [0.05, 0.1) is 24.8 Å². The fraction of sp³-hybridized carbons (Fsp3) is 0.440. The molecule has 31 heavy (non-hydrogen) atoms. The van der Waals surface area contributed by atoms with E-state index in [9.17, 15) is 4.79 Å². The highest BCUT2D eigenvalue weighted by molar-refractivity contribution is 5.76. The van der Waals surface area contributed by atoms with Crippen LogP contribution >= 0.6 is 0 Å². The van der Waals surface area contributed by atoms with Gasteiger partial charge in [0.1, 0.15) is 5.82 Å². The molecule has 0 aliphatic heterocycles. The fourth-order valence-electron chi connectivity index (χ4n) is 3.65. The number of nitrogens with one attached hydrogen (secondary N) is 1. The van der Waals surface area contributed by atoms with Crippen LogP contribution in [-0.4, -0.2) is 35.7 Å². The Bertz CT molecular complexity index is 968. The van der Waals surface area contributed by atoms with Crippen LogP contribution in [0, 0.1) is 0 Å². The minimum Gasteiger partial charge on any atom is -0.493 e. The zero-order valence-electron chi connectivity index (χ0n) is 18.6. The number of methoxy groups -OCH3 is 1. The van der Waals surface area contributed by atoms with Gasteiger partial charge in [-0.05, 0) is 43.5 Å². The van der Waals surface area contributed by atoms with E-state index in [1.165, 1.54) is 5.52 Å². The number of amides is 1. The first-order chi connectivity index (χ1) is 15.2. The zero-order chi connectivity index (χ0) is 21.9. The van der Waals surface area contributed by atoms with E-state index < -0.39 is 0 Å². The van der Waals surface area contributed by atoms with E-state index >= 15 is 0 Å². The second-order valence-electron chi connectivity index (χ2n) is 7.54. The molecule has 6 nitrogen and oxygen atoms in total. The SMILES string of the molecule is CCC(=O)NCCCCCc1nc2ccccc2n1CCCOc1ccccc1OC. The molecule has 1 heterocycles. The van der Waals surface area contributed by atoms with Crippen LogP contribution in [0.3, 0.4) is 0 Å². The summed E-state index contributed by atoms with van der Waals surface area (Å²) >= 11 is 0. The number of imidazole rings is 1. The van der Waals surface area contributed by atoms with Gasteiger partial charge in [0.15, 0.2) is 11.5 Å². The predicted molar refractivity (Wildman–Crippen MR) is 124 cm³/mol. The average molecular weight is 424 g/mol. The van der Waals surface area contributed by atoms with Gasteiger partial charge in [0.25, 0.3) is 0 Å². The molecule has 3 rings (SSSR count). The summed E-state index contributed by atoms with van der Waals surface area (Å²) in [4.78, 5) is 16.2. The lowest BCUT2D eigenvalue weighted by Gasteiger charge is -2.12. The van der Waals surface area contributed by atoms with Crippen LogP contribution in [0.5, 0.6) is 11.5 Å². The Morgan fingerprint density at radius 3 is 2.58 bits per heavy atom. The molecule has 2 aromatic carbocycles. The third-order valence-electron chi connectivity index (χ3n) is 5.31. The highest BCUT2D eigenvalue weighted by atomic mass is 16.5. The Balaban J connectivity index is 1.53. The Kier molecular flexibility index (Phi) is 8.76. The quantitative estimate of drug-likeness (QED) is 0.403. The van der Waals surface area contributed by atoms with E-state index in [0.717, 1.165) is 68.0 Å². The van der Waals surface area contributed by atoms with Gasteiger partial charge in [-0.1, -0.05) is 37.6 Å². The van der Waals surface area contributed by atoms with Crippen LogP contribution in [0.1, 0.15) is 44.9 Å². The van der Waals surface area contributed by atoms with Crippen molar-refractivity contribution >= 4 is 16.9 Å². The molecule has 0 bridgehead atoms. The van der Waals surface area contributed by atoms with E-state index in [1.807, 2.05) is 37.3 Å². The summed E-state index contributed by atoms with van der Waals surface area (Å²) in [5.74, 6) is 2.77. The first-order valence-corrected chi connectivity index (χ1v) is 11.2. The molecule has 0 unspecified atom stereocenters. The van der Waals surface area contributed by atoms with Gasteiger partial charge in [-0.15, -0.1) is 0 Å². The number of hydrogen-bond donors (Lipinski definition) is 1. The van der Waals surface area contributed by atoms with Crippen molar-refractivity contribution in [2.45, 2.75) is 52.0 Å². The number of para-hydroxylation sites is 4. The molecule has 1 amide bonds. The predicted octanol–water partition coefficient (Wildman–Crippen LogP) is 4.75. The van der Waals surface area contributed by atoms with Crippen molar-refractivity contribution in [1.82, 2.24) is 14.9 Å². The number of nitrogens with zero attached hydrogens (tertiary/aromatic N) is 2. The van der Waals surface area contributed by atoms with Gasteiger partial charge in [0.2, 0.25) is 5.91 Å². The van der Waals surface area contributed by atoms with Crippen molar-refractivity contribution in [3.63, 3.8) is 0 Å². The molecule has 0 atom stereocenters. The molecule has 0 saturated carbocycles. The molecular formula is C25H33N3O3. The summed E-state index contributed by atoms with van der Waals surface area (Å²) in [5.41, 5.74) is 2.21. The highest BCUT2D eigenvalue weighted by Gasteiger charge is 2.10. The largest absolute Gasteiger partial charge is 0.493 e. The lowest BCUT2D eigenvalue weighted by atomic mass is 10.2. The smallest absolute Gasteiger partial charge is 0.219 e. The summed E-state index contributed by atoms with van der Waals surface area (Å²) in [6, 6.07) is 16.0. The maximum Gasteiger partial charge on any atom is 0.219 e. The molecule has 0 spiro atoms. The number of carbonyl (C=O) groups is 1. The molecule has 6 heteroatoms. The Morgan fingerprint density at radius 2 is 1.77 bits per heavy atom. The molecule has 0 fully saturated rings. The topological polar surface area (TPSA) is 65.4 Å². The van der Waals surface area contributed by atoms with Crippen LogP contribution in [0.15, 0.2) is 48.5 Å². The fourth-order valence-corrected chi connectivity index (χ4v) is 3.65. The Morgan fingerprint density at radius 1 is 1.00 bits per heavy atom. The second kappa shape index (κ2) is 12.0. The van der Waals surface area contributed by atoms with Crippen LogP contribution in [-0.2, 0) is 17.8 Å². The summed E-state index contributed by atoms with van der Waals surface area (Å²) in [5, 5.41) is 2.94. The van der Waals surface area contributed by atoms with Gasteiger partial charge in [-0.25, -0.2) is 4.98 Å². The number of hydrogen-bond acceptors (Lipinski definition) is 4. The Hall–Kier alpha value is -3.02. The average Bonchev–Trinajstić information content (AvgIpc) is 3.16. The number of ether oxygens (including phenoxy) is 2. The number of fused-ring (bicyclic) bond motifs is 1. The number of aromatic nitrogens is 2. The van der Waals surface area contributed by atoms with Crippen molar-refractivity contribution in [2.75, 3.05) is 20.3 Å². The standard InChI is InChI=1S/C25H33N3O3/c1-3-25(29)26-17-10-4-5-16-24-27-20-12-6-7-13-21(20)28(24)18-11-19-31-23-15-9-8-14-22(23)30-2/h6-9,12-15H,3-5,10-11,16-19H2,1-2H3,(H,26,29). The van der Waals surface area contributed by atoms with Crippen molar-refractivity contribution in [3.8, 4) is 11.5 Å². The van der Waals surface area contributed by atoms with Gasteiger partial charge in [-0.3, -0.25) is 4.79 Å². The van der Waals surface area contributed by atoms with Gasteiger partial charge < -0.3 is 19.4 Å². The summed E-state index contributed by atoms with van der Waals surface area (Å²) in [7, 11) is 1.66. The summed E-state index contributed by atoms with van der Waals surface area (Å²) in [6.45, 7) is 4.10. The molecule has 0 aliphatic rings. The van der Waals surface area contributed by atoms with E-state index in [-0.39, 0.29) is 5.91 Å². The minimum atomic E-state index is 0.122. The number of benzene rings is 2. The molecular weight excluding hydrogens is 390 g/mol. The van der Waals surface area contributed by atoms with E-state index in [1.54, 1.807) is 7.11 Å². The normalized spacial score (nSPS) is 10.9. The number of rotatable bonds is 13. The van der Waals surface area contributed by atoms with Crippen molar-refractivity contribution in [1.29, 1.82) is 0 Å². The zero-order valence-corrected chi connectivity index (χ0v) is 18.6. The van der Waals surface area contributed by atoms with Crippen LogP contribution < -0.4 is 14.8 Å². The number of aryl methyl sites for hydroxylation is 2. The minimum absolute atomic E-state index is 0.122. The molecule has 3 aromatic rings. The maximum atomic E-state index is 11.3. The van der Waals surface area contributed by atoms with Crippen LogP contribution in [0.25, 0.3) is 11.0 Å². The molecule has 0 aliphatic carbocycles. The molecule has 166 valence electrons. The van der Waals surface area contributed by atoms with Crippen molar-refractivity contribution in [3.05, 3.63) is 54.4 Å². The molecule has 0 saturated heterocycles. The van der Waals surface area contributed by atoms with Gasteiger partial charge >= 0.3 is 0 Å². The maximum absolute atomic E-state index is 11.3. The Labute approximate surface area is 184 Å². The van der Waals surface area contributed by atoms with E-state index in [2.05, 4.69) is 28.1 Å². The van der Waals surface area contributed by atoms with E-state index in [4.69, 9.17) is 14.5 Å². The highest BCUT2D eigenvalue weighted by Crippen LogP contribution is 2.26. The monoisotopic (exact) mass is 423 g/mol. The number of carbonyl (C=O) groups excluding carboxylic acids is 1. The lowest BCUT2D eigenvalue weighted by Crippen LogP contribution is -2.23. The van der Waals surface area contributed by atoms with Crippen LogP contribution in [0.4, 0.5) is 0 Å².